The van der Waals surface area contributed by atoms with Gasteiger partial charge < -0.3 is 10.2 Å². The highest BCUT2D eigenvalue weighted by Gasteiger charge is 2.23. The summed E-state index contributed by atoms with van der Waals surface area (Å²) in [5.41, 5.74) is 3.73. The standard InChI is InChI=1S/C23H25N5O2/c1-15(29)26-20-9-18(12-24-14-20)21-4-3-17-13-25-19(10-22(17)27-21)11-23(30)16-5-7-28(2)8-6-16/h3-4,9-10,12-14,16H,5-8,11H2,1-2H3,(H,26,29). The van der Waals surface area contributed by atoms with E-state index in [4.69, 9.17) is 4.98 Å². The number of ketones is 1. The van der Waals surface area contributed by atoms with Crippen LogP contribution in [0.25, 0.3) is 22.2 Å². The number of rotatable bonds is 5. The molecule has 3 aromatic rings. The van der Waals surface area contributed by atoms with Gasteiger partial charge in [0.05, 0.1) is 23.1 Å². The Bertz CT molecular complexity index is 1090. The van der Waals surface area contributed by atoms with Crippen LogP contribution in [0.4, 0.5) is 5.69 Å². The van der Waals surface area contributed by atoms with Gasteiger partial charge in [-0.15, -0.1) is 0 Å². The van der Waals surface area contributed by atoms with E-state index < -0.39 is 0 Å². The lowest BCUT2D eigenvalue weighted by Gasteiger charge is -2.27. The van der Waals surface area contributed by atoms with E-state index in [1.54, 1.807) is 18.6 Å². The van der Waals surface area contributed by atoms with Gasteiger partial charge in [0.1, 0.15) is 5.78 Å². The van der Waals surface area contributed by atoms with Crippen molar-refractivity contribution in [1.82, 2.24) is 19.9 Å². The van der Waals surface area contributed by atoms with Crippen molar-refractivity contribution < 1.29 is 9.59 Å². The summed E-state index contributed by atoms with van der Waals surface area (Å²) >= 11 is 0. The third-order valence-corrected chi connectivity index (χ3v) is 5.51. The zero-order valence-corrected chi connectivity index (χ0v) is 17.3. The molecule has 0 radical (unpaired) electrons. The van der Waals surface area contributed by atoms with E-state index in [2.05, 4.69) is 27.2 Å². The van der Waals surface area contributed by atoms with Crippen LogP contribution in [0.3, 0.4) is 0 Å². The van der Waals surface area contributed by atoms with E-state index >= 15 is 0 Å². The maximum Gasteiger partial charge on any atom is 0.221 e. The molecular formula is C23H25N5O2. The largest absolute Gasteiger partial charge is 0.325 e. The van der Waals surface area contributed by atoms with Crippen molar-refractivity contribution in [3.8, 4) is 11.3 Å². The van der Waals surface area contributed by atoms with Crippen LogP contribution in [-0.2, 0) is 16.0 Å². The molecule has 0 aromatic carbocycles. The molecule has 154 valence electrons. The van der Waals surface area contributed by atoms with E-state index in [-0.39, 0.29) is 17.6 Å². The second-order valence-corrected chi connectivity index (χ2v) is 7.93. The smallest absolute Gasteiger partial charge is 0.221 e. The first-order valence-electron chi connectivity index (χ1n) is 10.2. The Hall–Kier alpha value is -3.19. The molecule has 4 heterocycles. The summed E-state index contributed by atoms with van der Waals surface area (Å²) in [7, 11) is 2.09. The number of hydrogen-bond acceptors (Lipinski definition) is 6. The Morgan fingerprint density at radius 1 is 1.13 bits per heavy atom. The van der Waals surface area contributed by atoms with Gasteiger partial charge in [0.15, 0.2) is 0 Å². The molecule has 4 rings (SSSR count). The van der Waals surface area contributed by atoms with Gasteiger partial charge in [-0.3, -0.25) is 19.6 Å². The monoisotopic (exact) mass is 403 g/mol. The Kier molecular flexibility index (Phi) is 5.81. The summed E-state index contributed by atoms with van der Waals surface area (Å²) < 4.78 is 0. The average Bonchev–Trinajstić information content (AvgIpc) is 2.73. The number of carbonyl (C=O) groups excluding carboxylic acids is 2. The van der Waals surface area contributed by atoms with Crippen molar-refractivity contribution >= 4 is 28.3 Å². The van der Waals surface area contributed by atoms with Crippen molar-refractivity contribution in [2.45, 2.75) is 26.2 Å². The second-order valence-electron chi connectivity index (χ2n) is 7.93. The van der Waals surface area contributed by atoms with Gasteiger partial charge in [-0.05, 0) is 57.2 Å². The fourth-order valence-corrected chi connectivity index (χ4v) is 3.82. The lowest BCUT2D eigenvalue weighted by Crippen LogP contribution is -2.34. The maximum atomic E-state index is 12.7. The minimum Gasteiger partial charge on any atom is -0.325 e. The number of anilines is 1. The third kappa shape index (κ3) is 4.68. The fraction of sp³-hybridized carbons (Fsp3) is 0.348. The molecule has 1 fully saturated rings. The van der Waals surface area contributed by atoms with Crippen LogP contribution in [0.1, 0.15) is 25.5 Å². The average molecular weight is 403 g/mol. The Morgan fingerprint density at radius 2 is 1.93 bits per heavy atom. The zero-order chi connectivity index (χ0) is 21.1. The second kappa shape index (κ2) is 8.67. The van der Waals surface area contributed by atoms with E-state index in [0.29, 0.717) is 12.1 Å². The number of amides is 1. The molecule has 0 spiro atoms. The number of pyridine rings is 3. The highest BCUT2D eigenvalue weighted by molar-refractivity contribution is 5.89. The molecule has 1 aliphatic rings. The van der Waals surface area contributed by atoms with Crippen LogP contribution in [0.15, 0.2) is 42.9 Å². The minimum absolute atomic E-state index is 0.126. The molecule has 1 N–H and O–H groups in total. The molecular weight excluding hydrogens is 378 g/mol. The van der Waals surface area contributed by atoms with Gasteiger partial charge in [0.25, 0.3) is 0 Å². The Labute approximate surface area is 175 Å². The Balaban J connectivity index is 1.55. The van der Waals surface area contributed by atoms with E-state index in [0.717, 1.165) is 53.8 Å². The highest BCUT2D eigenvalue weighted by atomic mass is 16.1. The molecule has 1 amide bonds. The lowest BCUT2D eigenvalue weighted by molar-refractivity contribution is -0.123. The number of nitrogens with zero attached hydrogens (tertiary/aromatic N) is 4. The van der Waals surface area contributed by atoms with Gasteiger partial charge in [-0.1, -0.05) is 0 Å². The molecule has 0 bridgehead atoms. The first-order chi connectivity index (χ1) is 14.5. The van der Waals surface area contributed by atoms with Gasteiger partial charge in [-0.25, -0.2) is 4.98 Å². The fourth-order valence-electron chi connectivity index (χ4n) is 3.82. The number of carbonyl (C=O) groups is 2. The topological polar surface area (TPSA) is 88.1 Å². The number of likely N-dealkylation sites (tertiary alicyclic amines) is 1. The predicted octanol–water partition coefficient (Wildman–Crippen LogP) is 3.10. The summed E-state index contributed by atoms with van der Waals surface area (Å²) in [4.78, 5) is 39.7. The predicted molar refractivity (Wildman–Crippen MR) is 116 cm³/mol. The van der Waals surface area contributed by atoms with Crippen molar-refractivity contribution in [3.63, 3.8) is 0 Å². The van der Waals surface area contributed by atoms with E-state index in [1.165, 1.54) is 6.92 Å². The SMILES string of the molecule is CC(=O)Nc1cncc(-c2ccc3cnc(CC(=O)C4CCN(C)CC4)cc3n2)c1. The van der Waals surface area contributed by atoms with Crippen molar-refractivity contribution in [2.75, 3.05) is 25.5 Å². The summed E-state index contributed by atoms with van der Waals surface area (Å²) in [5.74, 6) is 0.240. The minimum atomic E-state index is -0.148. The normalized spacial score (nSPS) is 15.3. The summed E-state index contributed by atoms with van der Waals surface area (Å²) in [6.07, 6.45) is 7.27. The van der Waals surface area contributed by atoms with Crippen LogP contribution in [0.5, 0.6) is 0 Å². The van der Waals surface area contributed by atoms with Crippen LogP contribution in [0, 0.1) is 5.92 Å². The number of piperidine rings is 1. The zero-order valence-electron chi connectivity index (χ0n) is 17.3. The van der Waals surface area contributed by atoms with E-state index in [9.17, 15) is 9.59 Å². The first kappa shape index (κ1) is 20.1. The molecule has 1 aliphatic heterocycles. The van der Waals surface area contributed by atoms with E-state index in [1.807, 2.05) is 24.3 Å². The van der Waals surface area contributed by atoms with Crippen LogP contribution in [0.2, 0.25) is 0 Å². The molecule has 0 unspecified atom stereocenters. The van der Waals surface area contributed by atoms with Crippen LogP contribution >= 0.6 is 0 Å². The third-order valence-electron chi connectivity index (χ3n) is 5.51. The maximum absolute atomic E-state index is 12.7. The van der Waals surface area contributed by atoms with Gasteiger partial charge in [-0.2, -0.15) is 0 Å². The molecule has 1 saturated heterocycles. The summed E-state index contributed by atoms with van der Waals surface area (Å²) in [6, 6.07) is 7.60. The molecule has 0 saturated carbocycles. The van der Waals surface area contributed by atoms with Gasteiger partial charge in [0, 0.05) is 48.3 Å². The van der Waals surface area contributed by atoms with Crippen molar-refractivity contribution in [3.05, 3.63) is 48.5 Å². The first-order valence-corrected chi connectivity index (χ1v) is 10.2. The molecule has 0 atom stereocenters. The number of aromatic nitrogens is 3. The number of fused-ring (bicyclic) bond motifs is 1. The van der Waals surface area contributed by atoms with Gasteiger partial charge >= 0.3 is 0 Å². The lowest BCUT2D eigenvalue weighted by atomic mass is 9.90. The quantitative estimate of drug-likeness (QED) is 0.704. The summed E-state index contributed by atoms with van der Waals surface area (Å²) in [6.45, 7) is 3.40. The molecule has 7 heteroatoms. The number of hydrogen-bond donors (Lipinski definition) is 1. The Morgan fingerprint density at radius 3 is 2.70 bits per heavy atom. The summed E-state index contributed by atoms with van der Waals surface area (Å²) in [5, 5.41) is 3.65. The highest BCUT2D eigenvalue weighted by Crippen LogP contribution is 2.24. The van der Waals surface area contributed by atoms with Crippen LogP contribution < -0.4 is 5.32 Å². The molecule has 0 aliphatic carbocycles. The van der Waals surface area contributed by atoms with Crippen LogP contribution in [-0.4, -0.2) is 51.7 Å². The van der Waals surface area contributed by atoms with Gasteiger partial charge in [0.2, 0.25) is 5.91 Å². The molecule has 7 nitrogen and oxygen atoms in total. The van der Waals surface area contributed by atoms with Crippen molar-refractivity contribution in [1.29, 1.82) is 0 Å². The number of Topliss-reactive ketones (excluding diaryl/α,β-unsaturated/α-hetero) is 1. The molecule has 3 aromatic heterocycles. The molecule has 30 heavy (non-hydrogen) atoms. The number of nitrogens with one attached hydrogen (secondary N) is 1. The van der Waals surface area contributed by atoms with Crippen molar-refractivity contribution in [2.24, 2.45) is 5.92 Å².